The van der Waals surface area contributed by atoms with Crippen LogP contribution in [0.3, 0.4) is 0 Å². The summed E-state index contributed by atoms with van der Waals surface area (Å²) in [6.07, 6.45) is 0. The van der Waals surface area contributed by atoms with Gasteiger partial charge in [0.25, 0.3) is 0 Å². The van der Waals surface area contributed by atoms with Gasteiger partial charge in [0.05, 0.1) is 11.6 Å². The number of aromatic nitrogens is 2. The fraction of sp³-hybridized carbons (Fsp3) is 0.182. The van der Waals surface area contributed by atoms with Crippen LogP contribution in [-0.2, 0) is 5.75 Å². The van der Waals surface area contributed by atoms with E-state index in [1.165, 1.54) is 11.5 Å². The SMILES string of the molecule is Cc1nsc(SCc2cccc(C#N)c2)n1. The lowest BCUT2D eigenvalue weighted by atomic mass is 10.2. The Morgan fingerprint density at radius 2 is 2.38 bits per heavy atom. The smallest absolute Gasteiger partial charge is 0.170 e. The minimum absolute atomic E-state index is 0.701. The fourth-order valence-electron chi connectivity index (χ4n) is 1.21. The lowest BCUT2D eigenvalue weighted by molar-refractivity contribution is 1.10. The summed E-state index contributed by atoms with van der Waals surface area (Å²) in [7, 11) is 0. The van der Waals surface area contributed by atoms with Crippen LogP contribution in [0.15, 0.2) is 28.6 Å². The predicted molar refractivity (Wildman–Crippen MR) is 65.4 cm³/mol. The Kier molecular flexibility index (Phi) is 3.54. The van der Waals surface area contributed by atoms with Gasteiger partial charge in [0.2, 0.25) is 0 Å². The Morgan fingerprint density at radius 1 is 1.50 bits per heavy atom. The average molecular weight is 247 g/mol. The molecule has 0 N–H and O–H groups in total. The van der Waals surface area contributed by atoms with Crippen molar-refractivity contribution < 1.29 is 0 Å². The van der Waals surface area contributed by atoms with E-state index < -0.39 is 0 Å². The van der Waals surface area contributed by atoms with E-state index in [4.69, 9.17) is 5.26 Å². The molecule has 0 amide bonds. The zero-order valence-electron chi connectivity index (χ0n) is 8.67. The summed E-state index contributed by atoms with van der Waals surface area (Å²) in [6, 6.07) is 9.77. The second-order valence-corrected chi connectivity index (χ2v) is 5.18. The molecule has 16 heavy (non-hydrogen) atoms. The van der Waals surface area contributed by atoms with E-state index >= 15 is 0 Å². The van der Waals surface area contributed by atoms with Gasteiger partial charge in [-0.1, -0.05) is 23.9 Å². The van der Waals surface area contributed by atoms with Gasteiger partial charge in [0, 0.05) is 5.75 Å². The van der Waals surface area contributed by atoms with E-state index in [9.17, 15) is 0 Å². The van der Waals surface area contributed by atoms with Crippen molar-refractivity contribution in [2.24, 2.45) is 0 Å². The lowest BCUT2D eigenvalue weighted by Crippen LogP contribution is -1.82. The predicted octanol–water partition coefficient (Wildman–Crippen LogP) is 3.01. The first-order valence-corrected chi connectivity index (χ1v) is 6.46. The highest BCUT2D eigenvalue weighted by Gasteiger charge is 2.02. The Labute approximate surface area is 102 Å². The molecule has 2 rings (SSSR count). The first-order valence-electron chi connectivity index (χ1n) is 4.70. The zero-order valence-corrected chi connectivity index (χ0v) is 10.3. The quantitative estimate of drug-likeness (QED) is 0.782. The molecule has 0 bridgehead atoms. The minimum Gasteiger partial charge on any atom is -0.213 e. The molecule has 0 saturated heterocycles. The molecule has 2 aromatic rings. The lowest BCUT2D eigenvalue weighted by Gasteiger charge is -1.98. The third-order valence-corrected chi connectivity index (χ3v) is 3.92. The normalized spacial score (nSPS) is 10.0. The molecule has 0 aliphatic rings. The van der Waals surface area contributed by atoms with Crippen molar-refractivity contribution in [3.63, 3.8) is 0 Å². The van der Waals surface area contributed by atoms with Crippen LogP contribution < -0.4 is 0 Å². The van der Waals surface area contributed by atoms with Crippen LogP contribution in [-0.4, -0.2) is 9.36 Å². The van der Waals surface area contributed by atoms with Crippen LogP contribution in [0.2, 0.25) is 0 Å². The molecule has 3 nitrogen and oxygen atoms in total. The van der Waals surface area contributed by atoms with Gasteiger partial charge in [-0.3, -0.25) is 0 Å². The van der Waals surface area contributed by atoms with Crippen molar-refractivity contribution in [3.05, 3.63) is 41.2 Å². The number of benzene rings is 1. The van der Waals surface area contributed by atoms with Gasteiger partial charge in [0.15, 0.2) is 4.34 Å². The maximum Gasteiger partial charge on any atom is 0.170 e. The highest BCUT2D eigenvalue weighted by molar-refractivity contribution is 8.00. The molecular weight excluding hydrogens is 238 g/mol. The van der Waals surface area contributed by atoms with Crippen LogP contribution in [0.1, 0.15) is 17.0 Å². The first-order chi connectivity index (χ1) is 7.78. The Hall–Kier alpha value is -1.38. The number of hydrogen-bond acceptors (Lipinski definition) is 5. The number of hydrogen-bond donors (Lipinski definition) is 0. The summed E-state index contributed by atoms with van der Waals surface area (Å²) in [5.74, 6) is 1.64. The summed E-state index contributed by atoms with van der Waals surface area (Å²) < 4.78 is 5.09. The van der Waals surface area contributed by atoms with Crippen molar-refractivity contribution in [1.82, 2.24) is 9.36 Å². The van der Waals surface area contributed by atoms with Crippen molar-refractivity contribution >= 4 is 23.3 Å². The van der Waals surface area contributed by atoms with E-state index in [1.54, 1.807) is 11.8 Å². The molecule has 1 aromatic carbocycles. The van der Waals surface area contributed by atoms with E-state index in [-0.39, 0.29) is 0 Å². The minimum atomic E-state index is 0.701. The van der Waals surface area contributed by atoms with Gasteiger partial charge >= 0.3 is 0 Å². The molecule has 0 atom stereocenters. The summed E-state index contributed by atoms with van der Waals surface area (Å²) in [5.41, 5.74) is 1.84. The van der Waals surface area contributed by atoms with Gasteiger partial charge in [-0.05, 0) is 36.2 Å². The number of nitriles is 1. The van der Waals surface area contributed by atoms with Gasteiger partial charge in [-0.2, -0.15) is 9.64 Å². The molecule has 0 aliphatic carbocycles. The summed E-state index contributed by atoms with van der Waals surface area (Å²) >= 11 is 3.06. The van der Waals surface area contributed by atoms with Crippen LogP contribution in [0.4, 0.5) is 0 Å². The molecule has 0 unspecified atom stereocenters. The van der Waals surface area contributed by atoms with Crippen LogP contribution in [0.5, 0.6) is 0 Å². The number of nitrogens with zero attached hydrogens (tertiary/aromatic N) is 3. The molecule has 1 heterocycles. The highest BCUT2D eigenvalue weighted by atomic mass is 32.2. The van der Waals surface area contributed by atoms with E-state index in [0.29, 0.717) is 5.56 Å². The molecule has 0 radical (unpaired) electrons. The van der Waals surface area contributed by atoms with Gasteiger partial charge < -0.3 is 0 Å². The molecular formula is C11H9N3S2. The Balaban J connectivity index is 2.02. The third-order valence-electron chi connectivity index (χ3n) is 1.93. The van der Waals surface area contributed by atoms with Crippen LogP contribution in [0, 0.1) is 18.3 Å². The standard InChI is InChI=1S/C11H9N3S2/c1-8-13-11(16-14-8)15-7-10-4-2-3-9(5-10)6-12/h2-5H,7H2,1H3. The summed E-state index contributed by atoms with van der Waals surface area (Å²) in [4.78, 5) is 4.27. The molecule has 0 spiro atoms. The zero-order chi connectivity index (χ0) is 11.4. The van der Waals surface area contributed by atoms with Crippen LogP contribution in [0.25, 0.3) is 0 Å². The number of aryl methyl sites for hydroxylation is 1. The molecule has 0 aliphatic heterocycles. The Morgan fingerprint density at radius 3 is 3.06 bits per heavy atom. The number of thioether (sulfide) groups is 1. The highest BCUT2D eigenvalue weighted by Crippen LogP contribution is 2.24. The molecule has 0 saturated carbocycles. The van der Waals surface area contributed by atoms with Crippen molar-refractivity contribution in [2.75, 3.05) is 0 Å². The molecule has 5 heteroatoms. The largest absolute Gasteiger partial charge is 0.213 e. The molecule has 1 aromatic heterocycles. The van der Waals surface area contributed by atoms with Crippen LogP contribution >= 0.6 is 23.3 Å². The summed E-state index contributed by atoms with van der Waals surface area (Å²) in [5, 5.41) is 8.77. The van der Waals surface area contributed by atoms with E-state index in [2.05, 4.69) is 15.4 Å². The van der Waals surface area contributed by atoms with Crippen molar-refractivity contribution in [3.8, 4) is 6.07 Å². The first kappa shape index (κ1) is 11.1. The fourth-order valence-corrected chi connectivity index (χ4v) is 2.80. The van der Waals surface area contributed by atoms with E-state index in [0.717, 1.165) is 21.5 Å². The van der Waals surface area contributed by atoms with Gasteiger partial charge in [-0.25, -0.2) is 4.98 Å². The molecule has 80 valence electrons. The van der Waals surface area contributed by atoms with E-state index in [1.807, 2.05) is 31.2 Å². The topological polar surface area (TPSA) is 49.6 Å². The van der Waals surface area contributed by atoms with Crippen molar-refractivity contribution in [1.29, 1.82) is 5.26 Å². The third kappa shape index (κ3) is 2.81. The monoisotopic (exact) mass is 247 g/mol. The van der Waals surface area contributed by atoms with Gasteiger partial charge in [-0.15, -0.1) is 0 Å². The second-order valence-electron chi connectivity index (χ2n) is 3.21. The molecule has 0 fully saturated rings. The Bertz CT molecular complexity index is 528. The van der Waals surface area contributed by atoms with Crippen molar-refractivity contribution in [2.45, 2.75) is 17.0 Å². The van der Waals surface area contributed by atoms with Gasteiger partial charge in [0.1, 0.15) is 5.82 Å². The average Bonchev–Trinajstić information content (AvgIpc) is 2.73. The second kappa shape index (κ2) is 5.10. The maximum atomic E-state index is 8.77. The maximum absolute atomic E-state index is 8.77. The summed E-state index contributed by atoms with van der Waals surface area (Å²) in [6.45, 7) is 1.89. The number of rotatable bonds is 3.